The lowest BCUT2D eigenvalue weighted by molar-refractivity contribution is 0.0732. The number of aliphatic hydroxyl groups is 1. The van der Waals surface area contributed by atoms with Crippen LogP contribution in [0.5, 0.6) is 0 Å². The Hall–Kier alpha value is -2.54. The lowest BCUT2D eigenvalue weighted by Gasteiger charge is -2.31. The average Bonchev–Trinajstić information content (AvgIpc) is 2.93. The van der Waals surface area contributed by atoms with Gasteiger partial charge in [0.1, 0.15) is 23.8 Å². The maximum absolute atomic E-state index is 13.3. The number of fused-ring (bicyclic) bond motifs is 1. The highest BCUT2D eigenvalue weighted by Gasteiger charge is 2.30. The van der Waals surface area contributed by atoms with E-state index >= 15 is 0 Å². The number of benzene rings is 1. The number of halogens is 1. The predicted octanol–water partition coefficient (Wildman–Crippen LogP) is 2.37. The van der Waals surface area contributed by atoms with Crippen LogP contribution < -0.4 is 4.90 Å². The molecule has 2 N–H and O–H groups in total. The molecule has 0 radical (unpaired) electrons. The summed E-state index contributed by atoms with van der Waals surface area (Å²) in [6, 6.07) is 6.46. The topological polar surface area (TPSA) is 77.9 Å². The minimum absolute atomic E-state index is 0.206. The van der Waals surface area contributed by atoms with E-state index in [2.05, 4.69) is 19.9 Å². The zero-order chi connectivity index (χ0) is 16.7. The number of hydrogen-bond donors (Lipinski definition) is 2. The van der Waals surface area contributed by atoms with Gasteiger partial charge in [0.15, 0.2) is 0 Å². The number of rotatable bonds is 4. The Morgan fingerprint density at radius 3 is 2.92 bits per heavy atom. The number of H-pyrrole nitrogens is 1. The number of nitrogens with one attached hydrogen (secondary N) is 1. The number of anilines is 1. The monoisotopic (exact) mass is 327 g/mol. The molecule has 0 bridgehead atoms. The standard InChI is InChI=1S/C17H18FN5O/c1-23(8-16-21-13-3-2-11(18)6-15(13)22-16)17-7-14(19-9-20-17)10-4-12(24)5-10/h2-3,6-7,9-10,12,24H,4-5,8H2,1H3,(H,21,22). The molecule has 1 saturated carbocycles. The van der Waals surface area contributed by atoms with Gasteiger partial charge in [0.2, 0.25) is 0 Å². The summed E-state index contributed by atoms with van der Waals surface area (Å²) in [5.74, 6) is 1.57. The van der Waals surface area contributed by atoms with E-state index in [1.807, 2.05) is 18.0 Å². The van der Waals surface area contributed by atoms with Gasteiger partial charge in [-0.15, -0.1) is 0 Å². The molecule has 24 heavy (non-hydrogen) atoms. The first-order valence-corrected chi connectivity index (χ1v) is 7.94. The Labute approximate surface area is 138 Å². The SMILES string of the molecule is CN(Cc1nc2ccc(F)cc2[nH]1)c1cc(C2CC(O)C2)ncn1. The molecule has 6 nitrogen and oxygen atoms in total. The summed E-state index contributed by atoms with van der Waals surface area (Å²) in [6.45, 7) is 0.528. The summed E-state index contributed by atoms with van der Waals surface area (Å²) in [5.41, 5.74) is 2.39. The molecule has 7 heteroatoms. The Morgan fingerprint density at radius 2 is 2.12 bits per heavy atom. The van der Waals surface area contributed by atoms with Crippen molar-refractivity contribution >= 4 is 16.9 Å². The second-order valence-corrected chi connectivity index (χ2v) is 6.32. The van der Waals surface area contributed by atoms with Gasteiger partial charge in [-0.1, -0.05) is 0 Å². The molecule has 0 saturated heterocycles. The van der Waals surface area contributed by atoms with Crippen molar-refractivity contribution in [3.05, 3.63) is 47.9 Å². The fourth-order valence-corrected chi connectivity index (χ4v) is 3.04. The Bertz CT molecular complexity index is 874. The van der Waals surface area contributed by atoms with Gasteiger partial charge in [-0.05, 0) is 31.0 Å². The molecule has 0 unspecified atom stereocenters. The number of aromatic nitrogens is 4. The van der Waals surface area contributed by atoms with Crippen molar-refractivity contribution in [1.82, 2.24) is 19.9 Å². The second-order valence-electron chi connectivity index (χ2n) is 6.32. The van der Waals surface area contributed by atoms with Crippen molar-refractivity contribution in [2.45, 2.75) is 31.4 Å². The van der Waals surface area contributed by atoms with E-state index in [1.54, 1.807) is 12.4 Å². The van der Waals surface area contributed by atoms with E-state index in [1.165, 1.54) is 12.1 Å². The third-order valence-corrected chi connectivity index (χ3v) is 4.48. The molecular weight excluding hydrogens is 309 g/mol. The smallest absolute Gasteiger partial charge is 0.132 e. The first-order valence-electron chi connectivity index (χ1n) is 7.94. The van der Waals surface area contributed by atoms with E-state index in [4.69, 9.17) is 0 Å². The highest BCUT2D eigenvalue weighted by molar-refractivity contribution is 5.75. The number of nitrogens with zero attached hydrogens (tertiary/aromatic N) is 4. The number of aromatic amines is 1. The van der Waals surface area contributed by atoms with Gasteiger partial charge < -0.3 is 15.0 Å². The van der Waals surface area contributed by atoms with Gasteiger partial charge in [0.05, 0.1) is 23.7 Å². The predicted molar refractivity (Wildman–Crippen MR) is 88.2 cm³/mol. The Kier molecular flexibility index (Phi) is 3.65. The Balaban J connectivity index is 1.52. The minimum Gasteiger partial charge on any atom is -0.393 e. The van der Waals surface area contributed by atoms with E-state index < -0.39 is 0 Å². The summed E-state index contributed by atoms with van der Waals surface area (Å²) < 4.78 is 13.3. The fourth-order valence-electron chi connectivity index (χ4n) is 3.04. The maximum Gasteiger partial charge on any atom is 0.132 e. The van der Waals surface area contributed by atoms with Crippen molar-refractivity contribution in [2.75, 3.05) is 11.9 Å². The molecule has 3 aromatic rings. The highest BCUT2D eigenvalue weighted by Crippen LogP contribution is 2.36. The quantitative estimate of drug-likeness (QED) is 0.769. The summed E-state index contributed by atoms with van der Waals surface area (Å²) in [4.78, 5) is 18.2. The van der Waals surface area contributed by atoms with Crippen molar-refractivity contribution in [3.8, 4) is 0 Å². The van der Waals surface area contributed by atoms with Gasteiger partial charge in [-0.3, -0.25) is 0 Å². The van der Waals surface area contributed by atoms with Crippen molar-refractivity contribution < 1.29 is 9.50 Å². The summed E-state index contributed by atoms with van der Waals surface area (Å²) in [7, 11) is 1.93. The molecule has 0 aliphatic heterocycles. The third kappa shape index (κ3) is 2.82. The lowest BCUT2D eigenvalue weighted by atomic mass is 9.80. The Morgan fingerprint density at radius 1 is 1.29 bits per heavy atom. The molecule has 1 aliphatic rings. The van der Waals surface area contributed by atoms with Crippen LogP contribution >= 0.6 is 0 Å². The molecule has 4 rings (SSSR count). The van der Waals surface area contributed by atoms with Crippen molar-refractivity contribution in [2.24, 2.45) is 0 Å². The third-order valence-electron chi connectivity index (χ3n) is 4.48. The highest BCUT2D eigenvalue weighted by atomic mass is 19.1. The molecular formula is C17H18FN5O. The van der Waals surface area contributed by atoms with Gasteiger partial charge in [-0.25, -0.2) is 19.3 Å². The van der Waals surface area contributed by atoms with Crippen molar-refractivity contribution in [3.63, 3.8) is 0 Å². The van der Waals surface area contributed by atoms with Crippen LogP contribution in [0.4, 0.5) is 10.2 Å². The summed E-state index contributed by atoms with van der Waals surface area (Å²) >= 11 is 0. The van der Waals surface area contributed by atoms with Gasteiger partial charge >= 0.3 is 0 Å². The van der Waals surface area contributed by atoms with Crippen LogP contribution in [0.15, 0.2) is 30.6 Å². The minimum atomic E-state index is -0.283. The number of aliphatic hydroxyl groups excluding tert-OH is 1. The molecule has 0 atom stereocenters. The molecule has 2 aromatic heterocycles. The molecule has 2 heterocycles. The van der Waals surface area contributed by atoms with Crippen LogP contribution in [0.3, 0.4) is 0 Å². The average molecular weight is 327 g/mol. The van der Waals surface area contributed by atoms with Crippen LogP contribution in [0.2, 0.25) is 0 Å². The van der Waals surface area contributed by atoms with Crippen molar-refractivity contribution in [1.29, 1.82) is 0 Å². The van der Waals surface area contributed by atoms with Gasteiger partial charge in [-0.2, -0.15) is 0 Å². The molecule has 1 aliphatic carbocycles. The normalized spacial score (nSPS) is 20.1. The lowest BCUT2D eigenvalue weighted by Crippen LogP contribution is -2.27. The zero-order valence-electron chi connectivity index (χ0n) is 13.3. The van der Waals surface area contributed by atoms with Gasteiger partial charge in [0, 0.05) is 24.7 Å². The van der Waals surface area contributed by atoms with E-state index in [0.717, 1.165) is 35.7 Å². The van der Waals surface area contributed by atoms with Crippen LogP contribution in [0.1, 0.15) is 30.3 Å². The number of hydrogen-bond acceptors (Lipinski definition) is 5. The maximum atomic E-state index is 13.3. The molecule has 0 amide bonds. The first-order chi connectivity index (χ1) is 11.6. The number of imidazole rings is 1. The van der Waals surface area contributed by atoms with Crippen LogP contribution in [-0.2, 0) is 6.54 Å². The summed E-state index contributed by atoms with van der Waals surface area (Å²) in [5, 5.41) is 9.45. The largest absolute Gasteiger partial charge is 0.393 e. The van der Waals surface area contributed by atoms with Crippen LogP contribution in [-0.4, -0.2) is 38.2 Å². The van der Waals surface area contributed by atoms with E-state index in [9.17, 15) is 9.50 Å². The molecule has 124 valence electrons. The molecule has 1 aromatic carbocycles. The summed E-state index contributed by atoms with van der Waals surface area (Å²) in [6.07, 6.45) is 2.87. The van der Waals surface area contributed by atoms with E-state index in [0.29, 0.717) is 18.0 Å². The van der Waals surface area contributed by atoms with Crippen LogP contribution in [0.25, 0.3) is 11.0 Å². The van der Waals surface area contributed by atoms with Gasteiger partial charge in [0.25, 0.3) is 0 Å². The zero-order valence-corrected chi connectivity index (χ0v) is 13.3. The molecule has 1 fully saturated rings. The van der Waals surface area contributed by atoms with E-state index in [-0.39, 0.29) is 11.9 Å². The second kappa shape index (κ2) is 5.83. The molecule has 0 spiro atoms. The first kappa shape index (κ1) is 15.0. The van der Waals surface area contributed by atoms with Crippen LogP contribution in [0, 0.1) is 5.82 Å². The fraction of sp³-hybridized carbons (Fsp3) is 0.353.